The summed E-state index contributed by atoms with van der Waals surface area (Å²) in [4.78, 5) is 0. The number of rotatable bonds is 4. The summed E-state index contributed by atoms with van der Waals surface area (Å²) >= 11 is 0. The van der Waals surface area contributed by atoms with Gasteiger partial charge < -0.3 is 15.2 Å². The maximum atomic E-state index is 9.67. The van der Waals surface area contributed by atoms with Gasteiger partial charge in [0.1, 0.15) is 5.75 Å². The van der Waals surface area contributed by atoms with Crippen molar-refractivity contribution in [3.63, 3.8) is 0 Å². The van der Waals surface area contributed by atoms with E-state index in [1.165, 1.54) is 5.56 Å². The first-order valence-corrected chi connectivity index (χ1v) is 6.77. The molecule has 0 radical (unpaired) electrons. The largest absolute Gasteiger partial charge is 0.497 e. The summed E-state index contributed by atoms with van der Waals surface area (Å²) in [6.07, 6.45) is 3.99. The normalized spacial score (nSPS) is 25.7. The van der Waals surface area contributed by atoms with Crippen molar-refractivity contribution in [2.24, 2.45) is 0 Å². The van der Waals surface area contributed by atoms with E-state index in [1.54, 1.807) is 7.11 Å². The first kappa shape index (κ1) is 13.4. The third kappa shape index (κ3) is 3.47. The van der Waals surface area contributed by atoms with Crippen LogP contribution in [0.15, 0.2) is 24.3 Å². The zero-order chi connectivity index (χ0) is 13.0. The van der Waals surface area contributed by atoms with E-state index in [0.717, 1.165) is 31.4 Å². The second-order valence-electron chi connectivity index (χ2n) is 5.18. The summed E-state index contributed by atoms with van der Waals surface area (Å²) in [6.45, 7) is 2.17. The molecule has 100 valence electrons. The van der Waals surface area contributed by atoms with Crippen LogP contribution in [0, 0.1) is 0 Å². The van der Waals surface area contributed by atoms with Gasteiger partial charge in [-0.2, -0.15) is 0 Å². The van der Waals surface area contributed by atoms with Crippen LogP contribution in [0.1, 0.15) is 44.2 Å². The van der Waals surface area contributed by atoms with Gasteiger partial charge in [0, 0.05) is 12.1 Å². The Hall–Kier alpha value is -1.06. The minimum absolute atomic E-state index is 0.126. The highest BCUT2D eigenvalue weighted by molar-refractivity contribution is 5.28. The van der Waals surface area contributed by atoms with Crippen molar-refractivity contribution < 1.29 is 9.84 Å². The lowest BCUT2D eigenvalue weighted by atomic mass is 9.92. The molecule has 0 spiro atoms. The van der Waals surface area contributed by atoms with Crippen LogP contribution in [0.4, 0.5) is 0 Å². The number of aliphatic hydroxyl groups is 1. The van der Waals surface area contributed by atoms with Gasteiger partial charge in [-0.05, 0) is 50.3 Å². The maximum absolute atomic E-state index is 9.67. The van der Waals surface area contributed by atoms with Gasteiger partial charge in [0.15, 0.2) is 0 Å². The molecule has 0 heterocycles. The molecule has 3 heteroatoms. The van der Waals surface area contributed by atoms with E-state index in [4.69, 9.17) is 4.74 Å². The highest BCUT2D eigenvalue weighted by Crippen LogP contribution is 2.23. The quantitative estimate of drug-likeness (QED) is 0.862. The highest BCUT2D eigenvalue weighted by atomic mass is 16.5. The molecule has 3 atom stereocenters. The summed E-state index contributed by atoms with van der Waals surface area (Å²) in [7, 11) is 1.68. The molecule has 18 heavy (non-hydrogen) atoms. The molecule has 1 saturated carbocycles. The Bertz CT molecular complexity index is 363. The van der Waals surface area contributed by atoms with Crippen molar-refractivity contribution in [2.75, 3.05) is 7.11 Å². The minimum atomic E-state index is -0.126. The molecule has 1 aliphatic rings. The van der Waals surface area contributed by atoms with Gasteiger partial charge in [-0.25, -0.2) is 0 Å². The third-order valence-corrected chi connectivity index (χ3v) is 3.75. The molecule has 0 aliphatic heterocycles. The smallest absolute Gasteiger partial charge is 0.118 e. The molecule has 0 amide bonds. The van der Waals surface area contributed by atoms with Gasteiger partial charge in [0.25, 0.3) is 0 Å². The van der Waals surface area contributed by atoms with E-state index in [1.807, 2.05) is 12.1 Å². The predicted octanol–water partition coefficient (Wildman–Crippen LogP) is 2.65. The second-order valence-corrected chi connectivity index (χ2v) is 5.18. The van der Waals surface area contributed by atoms with E-state index in [2.05, 4.69) is 24.4 Å². The molecule has 3 unspecified atom stereocenters. The fourth-order valence-electron chi connectivity index (χ4n) is 2.66. The third-order valence-electron chi connectivity index (χ3n) is 3.75. The molecular formula is C15H23NO2. The zero-order valence-electron chi connectivity index (χ0n) is 11.2. The van der Waals surface area contributed by atoms with Crippen LogP contribution in [0.2, 0.25) is 0 Å². The molecule has 3 nitrogen and oxygen atoms in total. The monoisotopic (exact) mass is 249 g/mol. The van der Waals surface area contributed by atoms with Crippen molar-refractivity contribution in [3.8, 4) is 5.75 Å². The predicted molar refractivity (Wildman–Crippen MR) is 72.8 cm³/mol. The van der Waals surface area contributed by atoms with Gasteiger partial charge in [-0.15, -0.1) is 0 Å². The first-order chi connectivity index (χ1) is 8.69. The van der Waals surface area contributed by atoms with Crippen molar-refractivity contribution >= 4 is 0 Å². The lowest BCUT2D eigenvalue weighted by Crippen LogP contribution is -2.37. The van der Waals surface area contributed by atoms with Crippen LogP contribution < -0.4 is 10.1 Å². The number of benzene rings is 1. The lowest BCUT2D eigenvalue weighted by Gasteiger charge is -2.29. The van der Waals surface area contributed by atoms with E-state index in [-0.39, 0.29) is 6.10 Å². The van der Waals surface area contributed by atoms with Gasteiger partial charge in [0.05, 0.1) is 13.2 Å². The van der Waals surface area contributed by atoms with Crippen LogP contribution in [0.25, 0.3) is 0 Å². The Morgan fingerprint density at radius 1 is 1.28 bits per heavy atom. The average Bonchev–Trinajstić information content (AvgIpc) is 2.39. The summed E-state index contributed by atoms with van der Waals surface area (Å²) in [5, 5.41) is 13.3. The number of aliphatic hydroxyl groups excluding tert-OH is 1. The van der Waals surface area contributed by atoms with Gasteiger partial charge in [-0.1, -0.05) is 12.1 Å². The standard InChI is InChI=1S/C15H23NO2/c1-11(12-6-8-15(18-2)9-7-12)16-13-4-3-5-14(17)10-13/h6-9,11,13-14,16-17H,3-5,10H2,1-2H3. The topological polar surface area (TPSA) is 41.5 Å². The number of hydrogen-bond donors (Lipinski definition) is 2. The average molecular weight is 249 g/mol. The molecule has 1 aromatic rings. The Morgan fingerprint density at radius 3 is 2.61 bits per heavy atom. The van der Waals surface area contributed by atoms with Gasteiger partial charge >= 0.3 is 0 Å². The Balaban J connectivity index is 1.91. The van der Waals surface area contributed by atoms with E-state index in [0.29, 0.717) is 12.1 Å². The fraction of sp³-hybridized carbons (Fsp3) is 0.600. The van der Waals surface area contributed by atoms with Crippen molar-refractivity contribution in [3.05, 3.63) is 29.8 Å². The molecule has 1 aliphatic carbocycles. The Kier molecular flexibility index (Phi) is 4.61. The molecule has 2 rings (SSSR count). The SMILES string of the molecule is COc1ccc(C(C)NC2CCCC(O)C2)cc1. The van der Waals surface area contributed by atoms with Gasteiger partial charge in [0.2, 0.25) is 0 Å². The lowest BCUT2D eigenvalue weighted by molar-refractivity contribution is 0.109. The fourth-order valence-corrected chi connectivity index (χ4v) is 2.66. The van der Waals surface area contributed by atoms with Crippen LogP contribution in [-0.4, -0.2) is 24.4 Å². The number of hydrogen-bond acceptors (Lipinski definition) is 3. The summed E-state index contributed by atoms with van der Waals surface area (Å²) in [5.74, 6) is 0.888. The van der Waals surface area contributed by atoms with Crippen LogP contribution in [0.5, 0.6) is 5.75 Å². The molecule has 1 fully saturated rings. The van der Waals surface area contributed by atoms with Crippen LogP contribution >= 0.6 is 0 Å². The highest BCUT2D eigenvalue weighted by Gasteiger charge is 2.21. The summed E-state index contributed by atoms with van der Waals surface area (Å²) < 4.78 is 5.16. The van der Waals surface area contributed by atoms with E-state index >= 15 is 0 Å². The Labute approximate surface area is 109 Å². The molecule has 0 saturated heterocycles. The van der Waals surface area contributed by atoms with Crippen LogP contribution in [0.3, 0.4) is 0 Å². The van der Waals surface area contributed by atoms with Crippen molar-refractivity contribution in [1.29, 1.82) is 0 Å². The molecule has 2 N–H and O–H groups in total. The second kappa shape index (κ2) is 6.21. The molecular weight excluding hydrogens is 226 g/mol. The van der Waals surface area contributed by atoms with Crippen molar-refractivity contribution in [2.45, 2.75) is 50.8 Å². The summed E-state index contributed by atoms with van der Waals surface area (Å²) in [6, 6.07) is 8.91. The number of nitrogens with one attached hydrogen (secondary N) is 1. The minimum Gasteiger partial charge on any atom is -0.497 e. The number of methoxy groups -OCH3 is 1. The van der Waals surface area contributed by atoms with Gasteiger partial charge in [-0.3, -0.25) is 0 Å². The molecule has 0 aromatic heterocycles. The molecule has 0 bridgehead atoms. The van der Waals surface area contributed by atoms with Crippen LogP contribution in [-0.2, 0) is 0 Å². The van der Waals surface area contributed by atoms with E-state index < -0.39 is 0 Å². The molecule has 1 aromatic carbocycles. The summed E-state index contributed by atoms with van der Waals surface area (Å²) in [5.41, 5.74) is 1.26. The number of ether oxygens (including phenoxy) is 1. The first-order valence-electron chi connectivity index (χ1n) is 6.77. The zero-order valence-corrected chi connectivity index (χ0v) is 11.2. The van der Waals surface area contributed by atoms with E-state index in [9.17, 15) is 5.11 Å². The van der Waals surface area contributed by atoms with Crippen molar-refractivity contribution in [1.82, 2.24) is 5.32 Å². The Morgan fingerprint density at radius 2 is 2.00 bits per heavy atom. The maximum Gasteiger partial charge on any atom is 0.118 e.